The Bertz CT molecular complexity index is 1400. The van der Waals surface area contributed by atoms with E-state index in [0.29, 0.717) is 12.1 Å². The highest BCUT2D eigenvalue weighted by molar-refractivity contribution is 7.73. The number of aromatic nitrogens is 3. The fraction of sp³-hybridized carbons (Fsp3) is 0.160. The van der Waals surface area contributed by atoms with Crippen LogP contribution in [0.2, 0.25) is 0 Å². The molecule has 0 saturated carbocycles. The summed E-state index contributed by atoms with van der Waals surface area (Å²) in [5.41, 5.74) is 3.60. The molecular weight excluding hydrogens is 499 g/mol. The number of thiazole rings is 1. The van der Waals surface area contributed by atoms with E-state index in [4.69, 9.17) is 4.98 Å². The molecule has 10 heteroatoms. The first kappa shape index (κ1) is 23.4. The zero-order valence-corrected chi connectivity index (χ0v) is 21.1. The van der Waals surface area contributed by atoms with Crippen molar-refractivity contribution in [2.75, 3.05) is 10.0 Å². The average Bonchev–Trinajstić information content (AvgIpc) is 3.56. The van der Waals surface area contributed by atoms with Crippen LogP contribution in [0.15, 0.2) is 84.3 Å². The molecule has 0 bridgehead atoms. The molecule has 0 fully saturated rings. The summed E-state index contributed by atoms with van der Waals surface area (Å²) in [5, 5.41) is 17.2. The van der Waals surface area contributed by atoms with Gasteiger partial charge in [0.15, 0.2) is 0 Å². The number of thiol groups is 1. The van der Waals surface area contributed by atoms with Crippen molar-refractivity contribution < 1.29 is 8.42 Å². The van der Waals surface area contributed by atoms with Crippen LogP contribution in [0.25, 0.3) is 10.6 Å². The van der Waals surface area contributed by atoms with Crippen LogP contribution in [-0.2, 0) is 17.3 Å². The van der Waals surface area contributed by atoms with Crippen LogP contribution in [0.5, 0.6) is 0 Å². The van der Waals surface area contributed by atoms with E-state index in [1.54, 1.807) is 34.8 Å². The van der Waals surface area contributed by atoms with E-state index >= 15 is 0 Å². The van der Waals surface area contributed by atoms with Crippen molar-refractivity contribution in [1.29, 1.82) is 0 Å². The van der Waals surface area contributed by atoms with Crippen LogP contribution >= 0.6 is 22.7 Å². The Labute approximate surface area is 213 Å². The van der Waals surface area contributed by atoms with Gasteiger partial charge in [-0.15, -0.1) is 21.5 Å². The molecule has 0 amide bonds. The Hall–Kier alpha value is -3.34. The topological polar surface area (TPSA) is 96.9 Å². The molecule has 4 aromatic rings. The number of hydrogen-bond acceptors (Lipinski definition) is 8. The maximum Gasteiger partial charge on any atom is 0.222 e. The van der Waals surface area contributed by atoms with Crippen LogP contribution in [0.1, 0.15) is 34.6 Å². The molecule has 0 spiro atoms. The first-order valence-electron chi connectivity index (χ1n) is 11.1. The van der Waals surface area contributed by atoms with E-state index in [1.807, 2.05) is 36.4 Å². The molecule has 2 aromatic heterocycles. The fourth-order valence-corrected chi connectivity index (χ4v) is 5.93. The molecule has 0 saturated heterocycles. The summed E-state index contributed by atoms with van der Waals surface area (Å²) in [6.45, 7) is 0. The van der Waals surface area contributed by atoms with Crippen molar-refractivity contribution in [1.82, 2.24) is 15.2 Å². The molecule has 2 heterocycles. The fourth-order valence-electron chi connectivity index (χ4n) is 3.80. The van der Waals surface area contributed by atoms with Crippen molar-refractivity contribution in [2.24, 2.45) is 0 Å². The molecule has 7 nitrogen and oxygen atoms in total. The third-order valence-electron chi connectivity index (χ3n) is 5.55. The molecule has 0 aliphatic heterocycles. The van der Waals surface area contributed by atoms with E-state index in [-0.39, 0.29) is 12.0 Å². The van der Waals surface area contributed by atoms with Crippen molar-refractivity contribution >= 4 is 44.4 Å². The number of allylic oxidation sites excluding steroid dienone is 4. The summed E-state index contributed by atoms with van der Waals surface area (Å²) in [6, 6.07) is 17.4. The van der Waals surface area contributed by atoms with E-state index < -0.39 is 10.9 Å². The van der Waals surface area contributed by atoms with Gasteiger partial charge in [0.25, 0.3) is 0 Å². The van der Waals surface area contributed by atoms with Gasteiger partial charge >= 0.3 is 0 Å². The second-order valence-corrected chi connectivity index (χ2v) is 10.6. The summed E-state index contributed by atoms with van der Waals surface area (Å²) in [6.07, 6.45) is 9.98. The van der Waals surface area contributed by atoms with Crippen molar-refractivity contribution in [2.45, 2.75) is 24.8 Å². The third kappa shape index (κ3) is 6.02. The highest BCUT2D eigenvalue weighted by atomic mass is 32.2. The van der Waals surface area contributed by atoms with Gasteiger partial charge in [-0.1, -0.05) is 78.1 Å². The average molecular weight is 522 g/mol. The lowest BCUT2D eigenvalue weighted by Crippen LogP contribution is -2.14. The van der Waals surface area contributed by atoms with Gasteiger partial charge in [0.1, 0.15) is 10.0 Å². The molecular formula is C25H23N5O2S3. The normalized spacial score (nSPS) is 15.9. The molecule has 5 rings (SSSR count). The molecule has 1 unspecified atom stereocenters. The van der Waals surface area contributed by atoms with E-state index in [9.17, 15) is 8.42 Å². The second kappa shape index (κ2) is 10.9. The van der Waals surface area contributed by atoms with E-state index in [0.717, 1.165) is 38.4 Å². The highest BCUT2D eigenvalue weighted by Gasteiger charge is 2.20. The molecule has 35 heavy (non-hydrogen) atoms. The number of anilines is 2. The lowest BCUT2D eigenvalue weighted by Gasteiger charge is -2.16. The van der Waals surface area contributed by atoms with Crippen LogP contribution < -0.4 is 10.0 Å². The number of hydrogen-bond donors (Lipinski definition) is 3. The van der Waals surface area contributed by atoms with Gasteiger partial charge in [0.05, 0.1) is 11.7 Å². The first-order chi connectivity index (χ1) is 17.1. The van der Waals surface area contributed by atoms with Crippen molar-refractivity contribution in [3.8, 4) is 10.6 Å². The van der Waals surface area contributed by atoms with Gasteiger partial charge < -0.3 is 5.32 Å². The van der Waals surface area contributed by atoms with Crippen LogP contribution in [0.3, 0.4) is 0 Å². The largest absolute Gasteiger partial charge is 0.351 e. The summed E-state index contributed by atoms with van der Waals surface area (Å²) >= 11 is 3.18. The number of rotatable bonds is 9. The highest BCUT2D eigenvalue weighted by Crippen LogP contribution is 2.33. The molecule has 0 radical (unpaired) electrons. The Balaban J connectivity index is 1.39. The summed E-state index contributed by atoms with van der Waals surface area (Å²) in [5.74, 6) is 0.253. The molecule has 1 aliphatic rings. The second-order valence-electron chi connectivity index (χ2n) is 8.01. The lowest BCUT2D eigenvalue weighted by molar-refractivity contribution is 0.619. The maximum atomic E-state index is 10.9. The predicted octanol–water partition coefficient (Wildman–Crippen LogP) is 5.60. The van der Waals surface area contributed by atoms with Gasteiger partial charge in [0.2, 0.25) is 16.0 Å². The number of benzene rings is 2. The van der Waals surface area contributed by atoms with E-state index in [2.05, 4.69) is 56.0 Å². The SMILES string of the molecule is O=[SH](=O)Nc1ccc(C[C@H](Nc2nnc(C3C=CC=CC3)s2)c2csc(-c3ccccc3)n2)cc1. The minimum Gasteiger partial charge on any atom is -0.351 e. The van der Waals surface area contributed by atoms with Gasteiger partial charge in [0, 0.05) is 22.5 Å². The van der Waals surface area contributed by atoms with Crippen molar-refractivity contribution in [3.63, 3.8) is 0 Å². The van der Waals surface area contributed by atoms with Crippen molar-refractivity contribution in [3.05, 3.63) is 101 Å². The van der Waals surface area contributed by atoms with Gasteiger partial charge in [-0.25, -0.2) is 13.4 Å². The summed E-state index contributed by atoms with van der Waals surface area (Å²) in [4.78, 5) is 4.93. The Kier molecular flexibility index (Phi) is 7.31. The Morgan fingerprint density at radius 3 is 2.60 bits per heavy atom. The van der Waals surface area contributed by atoms with Gasteiger partial charge in [-0.2, -0.15) is 0 Å². The standard InChI is InChI=1S/C25H23N5O2S3/c31-35(32)30-20-13-11-17(12-14-20)15-21(22-16-33-23(26-22)18-7-3-1-4-8-18)27-25-29-28-24(34-25)19-9-5-2-6-10-19/h1-9,11-14,16,19,21,35H,10,15H2,(H,27,29)(H,30,31,32)/t19?,21-/m0/s1. The van der Waals surface area contributed by atoms with Crippen LogP contribution in [0.4, 0.5) is 10.8 Å². The molecule has 178 valence electrons. The van der Waals surface area contributed by atoms with Crippen LogP contribution in [-0.4, -0.2) is 23.6 Å². The number of nitrogens with zero attached hydrogens (tertiary/aromatic N) is 3. The zero-order valence-electron chi connectivity index (χ0n) is 18.6. The van der Waals surface area contributed by atoms with Gasteiger partial charge in [-0.05, 0) is 30.5 Å². The first-order valence-corrected chi connectivity index (χ1v) is 14.0. The lowest BCUT2D eigenvalue weighted by atomic mass is 10.0. The maximum absolute atomic E-state index is 10.9. The van der Waals surface area contributed by atoms with Gasteiger partial charge in [-0.3, -0.25) is 4.72 Å². The minimum absolute atomic E-state index is 0.124. The molecule has 2 N–H and O–H groups in total. The third-order valence-corrected chi connectivity index (χ3v) is 7.89. The predicted molar refractivity (Wildman–Crippen MR) is 144 cm³/mol. The Morgan fingerprint density at radius 1 is 1.03 bits per heavy atom. The molecule has 2 atom stereocenters. The number of nitrogens with one attached hydrogen (secondary N) is 2. The quantitative estimate of drug-likeness (QED) is 0.248. The molecule has 1 aliphatic carbocycles. The Morgan fingerprint density at radius 2 is 1.86 bits per heavy atom. The van der Waals surface area contributed by atoms with Crippen LogP contribution in [0, 0.1) is 0 Å². The minimum atomic E-state index is -2.69. The van der Waals surface area contributed by atoms with E-state index in [1.165, 1.54) is 0 Å². The summed E-state index contributed by atoms with van der Waals surface area (Å²) < 4.78 is 24.3. The summed E-state index contributed by atoms with van der Waals surface area (Å²) in [7, 11) is -2.69. The smallest absolute Gasteiger partial charge is 0.222 e. The monoisotopic (exact) mass is 521 g/mol. The molecule has 2 aromatic carbocycles. The zero-order chi connectivity index (χ0) is 24.0.